The van der Waals surface area contributed by atoms with Gasteiger partial charge in [0, 0.05) is 17.6 Å². The normalized spacial score (nSPS) is 15.8. The van der Waals surface area contributed by atoms with Gasteiger partial charge in [0.05, 0.1) is 30.7 Å². The molecule has 0 aliphatic carbocycles. The molecule has 1 heterocycles. The van der Waals surface area contributed by atoms with Crippen LogP contribution in [0.25, 0.3) is 0 Å². The van der Waals surface area contributed by atoms with Crippen LogP contribution >= 0.6 is 15.9 Å². The molecule has 0 saturated heterocycles. The number of nitro groups is 1. The molecule has 206 valence electrons. The summed E-state index contributed by atoms with van der Waals surface area (Å²) in [5, 5.41) is 12.8. The number of rotatable bonds is 10. The number of alkyl halides is 1. The Bertz CT molecular complexity index is 1220. The molecular weight excluding hydrogens is 568 g/mol. The Morgan fingerprint density at radius 2 is 1.87 bits per heavy atom. The Labute approximate surface area is 234 Å². The second kappa shape index (κ2) is 12.0. The van der Waals surface area contributed by atoms with Gasteiger partial charge < -0.3 is 18.8 Å². The summed E-state index contributed by atoms with van der Waals surface area (Å²) in [7, 11) is -0.593. The van der Waals surface area contributed by atoms with Crippen LogP contribution in [0.1, 0.15) is 55.6 Å². The highest BCUT2D eigenvalue weighted by Gasteiger charge is 2.40. The van der Waals surface area contributed by atoms with Gasteiger partial charge in [0.15, 0.2) is 19.8 Å². The van der Waals surface area contributed by atoms with E-state index in [2.05, 4.69) is 49.8 Å². The lowest BCUT2D eigenvalue weighted by atomic mass is 10.1. The van der Waals surface area contributed by atoms with Crippen molar-refractivity contribution in [1.29, 1.82) is 0 Å². The number of ether oxygens (including phenoxy) is 2. The van der Waals surface area contributed by atoms with Crippen molar-refractivity contribution in [3.8, 4) is 11.5 Å². The first-order valence-corrected chi connectivity index (χ1v) is 16.6. The van der Waals surface area contributed by atoms with Gasteiger partial charge in [-0.1, -0.05) is 66.5 Å². The SMILES string of the molecule is COc1cc(C(=O)N2C=C(C)C[C@H]2CO[Si](C)(C)C(C)(C)C)c([N+](=O)[O-])cc1OCc1cccc(CBr)c1. The fraction of sp³-hybridized carbons (Fsp3) is 0.464. The number of carbonyl (C=O) groups is 1. The predicted octanol–water partition coefficient (Wildman–Crippen LogP) is 7.22. The average Bonchev–Trinajstić information content (AvgIpc) is 3.25. The molecule has 0 aromatic heterocycles. The van der Waals surface area contributed by atoms with E-state index in [1.165, 1.54) is 19.2 Å². The number of methoxy groups -OCH3 is 1. The highest BCUT2D eigenvalue weighted by atomic mass is 79.9. The van der Waals surface area contributed by atoms with Gasteiger partial charge in [-0.05, 0) is 42.6 Å². The molecule has 8 nitrogen and oxygen atoms in total. The van der Waals surface area contributed by atoms with Crippen molar-refractivity contribution in [2.45, 2.75) is 70.2 Å². The Morgan fingerprint density at radius 3 is 2.47 bits per heavy atom. The quantitative estimate of drug-likeness (QED) is 0.123. The third kappa shape index (κ3) is 6.84. The molecule has 10 heteroatoms. The molecular formula is C28H37BrN2O6Si. The maximum atomic E-state index is 13.7. The van der Waals surface area contributed by atoms with Crippen LogP contribution in [-0.2, 0) is 16.4 Å². The Kier molecular flexibility index (Phi) is 9.43. The van der Waals surface area contributed by atoms with Crippen molar-refractivity contribution in [1.82, 2.24) is 4.90 Å². The van der Waals surface area contributed by atoms with Crippen molar-refractivity contribution < 1.29 is 23.6 Å². The molecule has 0 radical (unpaired) electrons. The molecule has 0 unspecified atom stereocenters. The maximum Gasteiger partial charge on any atom is 0.286 e. The number of benzene rings is 2. The van der Waals surface area contributed by atoms with E-state index < -0.39 is 19.1 Å². The zero-order valence-electron chi connectivity index (χ0n) is 23.2. The van der Waals surface area contributed by atoms with E-state index in [0.29, 0.717) is 18.4 Å². The summed E-state index contributed by atoms with van der Waals surface area (Å²) >= 11 is 3.44. The minimum absolute atomic E-state index is 0.0282. The molecule has 0 fully saturated rings. The van der Waals surface area contributed by atoms with Gasteiger partial charge in [0.25, 0.3) is 11.6 Å². The number of hydrogen-bond donors (Lipinski definition) is 0. The number of nitro benzene ring substituents is 1. The molecule has 1 atom stereocenters. The number of nitrogens with zero attached hydrogens (tertiary/aromatic N) is 2. The first kappa shape index (κ1) is 29.9. The van der Waals surface area contributed by atoms with E-state index in [0.717, 1.165) is 16.7 Å². The first-order valence-electron chi connectivity index (χ1n) is 12.5. The van der Waals surface area contributed by atoms with Gasteiger partial charge in [-0.25, -0.2) is 0 Å². The summed E-state index contributed by atoms with van der Waals surface area (Å²) in [5.41, 5.74) is 2.63. The lowest BCUT2D eigenvalue weighted by Crippen LogP contribution is -2.45. The number of amides is 1. The van der Waals surface area contributed by atoms with Crippen molar-refractivity contribution in [2.24, 2.45) is 0 Å². The van der Waals surface area contributed by atoms with Crippen LogP contribution in [0.15, 0.2) is 48.2 Å². The lowest BCUT2D eigenvalue weighted by Gasteiger charge is -2.38. The predicted molar refractivity (Wildman–Crippen MR) is 155 cm³/mol. The number of halogens is 1. The van der Waals surface area contributed by atoms with E-state index in [9.17, 15) is 14.9 Å². The summed E-state index contributed by atoms with van der Waals surface area (Å²) in [6.45, 7) is 13.3. The monoisotopic (exact) mass is 604 g/mol. The van der Waals surface area contributed by atoms with Crippen LogP contribution in [0.3, 0.4) is 0 Å². The van der Waals surface area contributed by atoms with Crippen LogP contribution in [0.4, 0.5) is 5.69 Å². The largest absolute Gasteiger partial charge is 0.493 e. The van der Waals surface area contributed by atoms with Gasteiger partial charge in [0.2, 0.25) is 0 Å². The Hall–Kier alpha value is -2.69. The minimum Gasteiger partial charge on any atom is -0.493 e. The van der Waals surface area contributed by atoms with Gasteiger partial charge in [-0.2, -0.15) is 0 Å². The van der Waals surface area contributed by atoms with E-state index in [1.54, 1.807) is 11.1 Å². The Morgan fingerprint density at radius 1 is 1.18 bits per heavy atom. The first-order chi connectivity index (χ1) is 17.8. The summed E-state index contributed by atoms with van der Waals surface area (Å²) in [4.78, 5) is 26.8. The second-order valence-electron chi connectivity index (χ2n) is 11.1. The van der Waals surface area contributed by atoms with Crippen LogP contribution in [0, 0.1) is 10.1 Å². The van der Waals surface area contributed by atoms with Gasteiger partial charge >= 0.3 is 0 Å². The van der Waals surface area contributed by atoms with E-state index in [-0.39, 0.29) is 40.4 Å². The highest BCUT2D eigenvalue weighted by molar-refractivity contribution is 9.08. The van der Waals surface area contributed by atoms with Gasteiger partial charge in [-0.3, -0.25) is 14.9 Å². The summed E-state index contributed by atoms with van der Waals surface area (Å²) in [6.07, 6.45) is 2.42. The summed E-state index contributed by atoms with van der Waals surface area (Å²) in [6, 6.07) is 10.3. The fourth-order valence-corrected chi connectivity index (χ4v) is 5.39. The highest BCUT2D eigenvalue weighted by Crippen LogP contribution is 2.39. The van der Waals surface area contributed by atoms with Gasteiger partial charge in [0.1, 0.15) is 12.2 Å². The molecule has 1 amide bonds. The summed E-state index contributed by atoms with van der Waals surface area (Å²) in [5.74, 6) is -0.0113. The topological polar surface area (TPSA) is 91.1 Å². The van der Waals surface area contributed by atoms with E-state index >= 15 is 0 Å². The van der Waals surface area contributed by atoms with Crippen LogP contribution in [0.2, 0.25) is 18.1 Å². The lowest BCUT2D eigenvalue weighted by molar-refractivity contribution is -0.385. The minimum atomic E-state index is -2.04. The molecule has 0 bridgehead atoms. The smallest absolute Gasteiger partial charge is 0.286 e. The molecule has 3 rings (SSSR count). The van der Waals surface area contributed by atoms with Crippen LogP contribution in [0.5, 0.6) is 11.5 Å². The van der Waals surface area contributed by atoms with Crippen molar-refractivity contribution in [2.75, 3.05) is 13.7 Å². The molecule has 1 aliphatic rings. The van der Waals surface area contributed by atoms with Crippen molar-refractivity contribution in [3.05, 3.63) is 75.0 Å². The van der Waals surface area contributed by atoms with E-state index in [4.69, 9.17) is 13.9 Å². The zero-order valence-corrected chi connectivity index (χ0v) is 25.8. The third-order valence-electron chi connectivity index (χ3n) is 7.24. The summed E-state index contributed by atoms with van der Waals surface area (Å²) < 4.78 is 17.8. The van der Waals surface area contributed by atoms with E-state index in [1.807, 2.05) is 31.2 Å². The Balaban J connectivity index is 1.88. The van der Waals surface area contributed by atoms with Gasteiger partial charge in [-0.15, -0.1) is 0 Å². The van der Waals surface area contributed by atoms with Crippen LogP contribution < -0.4 is 9.47 Å². The van der Waals surface area contributed by atoms with Crippen molar-refractivity contribution in [3.63, 3.8) is 0 Å². The molecule has 0 saturated carbocycles. The molecule has 0 spiro atoms. The molecule has 2 aromatic carbocycles. The van der Waals surface area contributed by atoms with Crippen molar-refractivity contribution >= 4 is 35.8 Å². The fourth-order valence-electron chi connectivity index (χ4n) is 4.00. The maximum absolute atomic E-state index is 13.7. The molecule has 2 aromatic rings. The molecule has 1 aliphatic heterocycles. The molecule has 0 N–H and O–H groups in total. The van der Waals surface area contributed by atoms with Crippen LogP contribution in [-0.4, -0.2) is 43.8 Å². The second-order valence-corrected chi connectivity index (χ2v) is 16.5. The zero-order chi connectivity index (χ0) is 28.3. The number of carbonyl (C=O) groups excluding carboxylic acids is 1. The third-order valence-corrected chi connectivity index (χ3v) is 12.4. The molecule has 38 heavy (non-hydrogen) atoms. The number of hydrogen-bond acceptors (Lipinski definition) is 6. The standard InChI is InChI=1S/C28H37BrN2O6Si/c1-19-11-22(18-37-38(6,7)28(2,3)4)30(16-19)27(32)23-13-25(35-5)26(14-24(23)31(33)34)36-17-21-10-8-9-20(12-21)15-29/h8-10,12-14,16,22H,11,15,17-18H2,1-7H3/t22-/m0/s1. The average molecular weight is 606 g/mol.